The lowest BCUT2D eigenvalue weighted by molar-refractivity contribution is -0.117. The Morgan fingerprint density at radius 2 is 1.77 bits per heavy atom. The number of nitrogens with one attached hydrogen (secondary N) is 1. The van der Waals surface area contributed by atoms with Gasteiger partial charge in [0.05, 0.1) is 12.8 Å². The van der Waals surface area contributed by atoms with Crippen LogP contribution < -0.4 is 15.6 Å². The number of benzene rings is 2. The summed E-state index contributed by atoms with van der Waals surface area (Å²) in [6.07, 6.45) is 0. The minimum absolute atomic E-state index is 0.188. The van der Waals surface area contributed by atoms with Gasteiger partial charge in [0.1, 0.15) is 12.3 Å². The van der Waals surface area contributed by atoms with E-state index < -0.39 is 0 Å². The van der Waals surface area contributed by atoms with Gasteiger partial charge >= 0.3 is 0 Å². The van der Waals surface area contributed by atoms with Crippen LogP contribution in [-0.4, -0.2) is 22.8 Å². The molecule has 0 spiro atoms. The summed E-state index contributed by atoms with van der Waals surface area (Å²) in [6, 6.07) is 17.0. The molecule has 0 atom stereocenters. The van der Waals surface area contributed by atoms with Crippen molar-refractivity contribution < 1.29 is 9.53 Å². The van der Waals surface area contributed by atoms with Gasteiger partial charge in [0, 0.05) is 22.3 Å². The lowest BCUT2D eigenvalue weighted by Crippen LogP contribution is -2.29. The number of nitrogens with zero attached hydrogens (tertiary/aromatic N) is 2. The predicted molar refractivity (Wildman–Crippen MR) is 101 cm³/mol. The zero-order valence-corrected chi connectivity index (χ0v) is 14.7. The Labute approximate surface area is 155 Å². The zero-order valence-electron chi connectivity index (χ0n) is 14.0. The molecule has 0 aliphatic rings. The Hall–Kier alpha value is -3.12. The van der Waals surface area contributed by atoms with Crippen LogP contribution in [0.2, 0.25) is 5.02 Å². The summed E-state index contributed by atoms with van der Waals surface area (Å²) in [7, 11) is 1.57. The smallest absolute Gasteiger partial charge is 0.267 e. The maximum Gasteiger partial charge on any atom is 0.267 e. The number of aromatic nitrogens is 2. The fraction of sp³-hybridized carbons (Fsp3) is 0.105. The van der Waals surface area contributed by atoms with Crippen molar-refractivity contribution in [2.75, 3.05) is 12.4 Å². The van der Waals surface area contributed by atoms with E-state index in [0.29, 0.717) is 22.2 Å². The molecule has 6 nitrogen and oxygen atoms in total. The maximum atomic E-state index is 12.2. The van der Waals surface area contributed by atoms with Crippen molar-refractivity contribution in [1.29, 1.82) is 0 Å². The number of carbonyl (C=O) groups is 1. The average Bonchev–Trinajstić information content (AvgIpc) is 2.65. The van der Waals surface area contributed by atoms with Crippen molar-refractivity contribution in [1.82, 2.24) is 9.78 Å². The Morgan fingerprint density at radius 3 is 2.42 bits per heavy atom. The van der Waals surface area contributed by atoms with E-state index in [-0.39, 0.29) is 18.0 Å². The second kappa shape index (κ2) is 7.84. The molecule has 26 heavy (non-hydrogen) atoms. The molecule has 2 aromatic carbocycles. The molecule has 1 N–H and O–H groups in total. The van der Waals surface area contributed by atoms with E-state index >= 15 is 0 Å². The third kappa shape index (κ3) is 4.29. The molecule has 1 heterocycles. The van der Waals surface area contributed by atoms with Crippen LogP contribution >= 0.6 is 11.6 Å². The van der Waals surface area contributed by atoms with E-state index in [9.17, 15) is 9.59 Å². The number of halogens is 1. The van der Waals surface area contributed by atoms with Gasteiger partial charge < -0.3 is 10.1 Å². The molecule has 0 aliphatic carbocycles. The zero-order chi connectivity index (χ0) is 18.5. The SMILES string of the molecule is COc1ccc(NC(=O)Cn2nc(-c3ccc(Cl)cc3)ccc2=O)cc1. The standard InChI is InChI=1S/C19H16ClN3O3/c1-26-16-8-6-15(7-9-16)21-18(24)12-23-19(25)11-10-17(22-23)13-2-4-14(20)5-3-13/h2-11H,12H2,1H3,(H,21,24). The minimum atomic E-state index is -0.354. The molecule has 1 aromatic heterocycles. The summed E-state index contributed by atoms with van der Waals surface area (Å²) in [6.45, 7) is -0.188. The second-order valence-electron chi connectivity index (χ2n) is 5.50. The van der Waals surface area contributed by atoms with Crippen LogP contribution in [0.1, 0.15) is 0 Å². The predicted octanol–water partition coefficient (Wildman–Crippen LogP) is 3.21. The minimum Gasteiger partial charge on any atom is -0.497 e. The van der Waals surface area contributed by atoms with Gasteiger partial charge in [0.25, 0.3) is 5.56 Å². The molecular formula is C19H16ClN3O3. The van der Waals surface area contributed by atoms with Crippen LogP contribution in [0.5, 0.6) is 5.75 Å². The third-order valence-electron chi connectivity index (χ3n) is 3.67. The number of carbonyl (C=O) groups excluding carboxylic acids is 1. The van der Waals surface area contributed by atoms with Crippen molar-refractivity contribution in [3.8, 4) is 17.0 Å². The van der Waals surface area contributed by atoms with E-state index in [2.05, 4.69) is 10.4 Å². The van der Waals surface area contributed by atoms with Crippen molar-refractivity contribution in [2.45, 2.75) is 6.54 Å². The van der Waals surface area contributed by atoms with Gasteiger partial charge in [-0.1, -0.05) is 23.7 Å². The highest BCUT2D eigenvalue weighted by Gasteiger charge is 2.09. The van der Waals surface area contributed by atoms with E-state index in [1.807, 2.05) is 0 Å². The number of rotatable bonds is 5. The van der Waals surface area contributed by atoms with Gasteiger partial charge in [0.2, 0.25) is 5.91 Å². The van der Waals surface area contributed by atoms with Crippen LogP contribution in [0.25, 0.3) is 11.3 Å². The third-order valence-corrected chi connectivity index (χ3v) is 3.93. The number of hydrogen-bond acceptors (Lipinski definition) is 4. The van der Waals surface area contributed by atoms with Crippen LogP contribution in [0.3, 0.4) is 0 Å². The summed E-state index contributed by atoms with van der Waals surface area (Å²) in [5.41, 5.74) is 1.64. The molecule has 0 unspecified atom stereocenters. The number of methoxy groups -OCH3 is 1. The van der Waals surface area contributed by atoms with Gasteiger partial charge in [-0.25, -0.2) is 4.68 Å². The molecule has 7 heteroatoms. The van der Waals surface area contributed by atoms with Crippen molar-refractivity contribution in [2.24, 2.45) is 0 Å². The molecule has 0 aliphatic heterocycles. The lowest BCUT2D eigenvalue weighted by atomic mass is 10.1. The first kappa shape index (κ1) is 17.7. The summed E-state index contributed by atoms with van der Waals surface area (Å²) in [4.78, 5) is 24.2. The van der Waals surface area contributed by atoms with Gasteiger partial charge in [0.15, 0.2) is 0 Å². The topological polar surface area (TPSA) is 73.2 Å². The fourth-order valence-electron chi connectivity index (χ4n) is 2.35. The molecule has 0 saturated heterocycles. The van der Waals surface area contributed by atoms with Crippen LogP contribution in [0, 0.1) is 0 Å². The average molecular weight is 370 g/mol. The molecule has 132 valence electrons. The van der Waals surface area contributed by atoms with Gasteiger partial charge in [-0.3, -0.25) is 9.59 Å². The summed E-state index contributed by atoms with van der Waals surface area (Å²) < 4.78 is 6.20. The summed E-state index contributed by atoms with van der Waals surface area (Å²) in [5, 5.41) is 7.60. The largest absolute Gasteiger partial charge is 0.497 e. The van der Waals surface area contributed by atoms with Crippen LogP contribution in [0.15, 0.2) is 65.5 Å². The van der Waals surface area contributed by atoms with Crippen molar-refractivity contribution in [3.05, 3.63) is 76.0 Å². The fourth-order valence-corrected chi connectivity index (χ4v) is 2.47. The Bertz CT molecular complexity index is 967. The molecular weight excluding hydrogens is 354 g/mol. The molecule has 0 bridgehead atoms. The molecule has 1 amide bonds. The van der Waals surface area contributed by atoms with Gasteiger partial charge in [-0.2, -0.15) is 5.10 Å². The first-order valence-corrected chi connectivity index (χ1v) is 8.21. The maximum absolute atomic E-state index is 12.2. The van der Waals surface area contributed by atoms with Gasteiger partial charge in [-0.15, -0.1) is 0 Å². The van der Waals surface area contributed by atoms with Gasteiger partial charge in [-0.05, 0) is 42.5 Å². The number of ether oxygens (including phenoxy) is 1. The van der Waals surface area contributed by atoms with Crippen LogP contribution in [0.4, 0.5) is 5.69 Å². The normalized spacial score (nSPS) is 10.4. The Morgan fingerprint density at radius 1 is 1.08 bits per heavy atom. The molecule has 3 rings (SSSR count). The van der Waals surface area contributed by atoms with E-state index in [1.165, 1.54) is 6.07 Å². The molecule has 0 saturated carbocycles. The van der Waals surface area contributed by atoms with Crippen molar-refractivity contribution >= 4 is 23.2 Å². The molecule has 0 radical (unpaired) electrons. The lowest BCUT2D eigenvalue weighted by Gasteiger charge is -2.09. The Kier molecular flexibility index (Phi) is 5.34. The van der Waals surface area contributed by atoms with E-state index in [4.69, 9.17) is 16.3 Å². The highest BCUT2D eigenvalue weighted by molar-refractivity contribution is 6.30. The van der Waals surface area contributed by atoms with E-state index in [0.717, 1.165) is 10.2 Å². The quantitative estimate of drug-likeness (QED) is 0.749. The number of anilines is 1. The highest BCUT2D eigenvalue weighted by Crippen LogP contribution is 2.18. The van der Waals surface area contributed by atoms with Crippen molar-refractivity contribution in [3.63, 3.8) is 0 Å². The monoisotopic (exact) mass is 369 g/mol. The molecule has 3 aromatic rings. The first-order chi connectivity index (χ1) is 12.5. The summed E-state index contributed by atoms with van der Waals surface area (Å²) in [5.74, 6) is 0.342. The second-order valence-corrected chi connectivity index (χ2v) is 5.93. The Balaban J connectivity index is 1.75. The highest BCUT2D eigenvalue weighted by atomic mass is 35.5. The van der Waals surface area contributed by atoms with E-state index in [1.54, 1.807) is 61.7 Å². The first-order valence-electron chi connectivity index (χ1n) is 7.83. The molecule has 0 fully saturated rings. The number of hydrogen-bond donors (Lipinski definition) is 1. The summed E-state index contributed by atoms with van der Waals surface area (Å²) >= 11 is 5.88. The number of amides is 1. The van der Waals surface area contributed by atoms with Crippen LogP contribution in [-0.2, 0) is 11.3 Å².